The van der Waals surface area contributed by atoms with Crippen LogP contribution in [0.15, 0.2) is 0 Å². The van der Waals surface area contributed by atoms with Gasteiger partial charge in [0.15, 0.2) is 0 Å². The van der Waals surface area contributed by atoms with E-state index in [2.05, 4.69) is 24.2 Å². The van der Waals surface area contributed by atoms with Crippen molar-refractivity contribution < 1.29 is 0 Å². The van der Waals surface area contributed by atoms with Crippen molar-refractivity contribution in [3.8, 4) is 0 Å². The number of likely N-dealkylation sites (tertiary alicyclic amines) is 1. The molecule has 2 fully saturated rings. The molecular weight excluding hydrogens is 184 g/mol. The number of nitrogens with zero attached hydrogens (tertiary/aromatic N) is 1. The minimum Gasteiger partial charge on any atom is -0.319 e. The molecule has 1 N–H and O–H groups in total. The third-order valence-electron chi connectivity index (χ3n) is 4.26. The second kappa shape index (κ2) is 5.31. The van der Waals surface area contributed by atoms with Crippen molar-refractivity contribution in [1.29, 1.82) is 0 Å². The fourth-order valence-electron chi connectivity index (χ4n) is 3.44. The van der Waals surface area contributed by atoms with Gasteiger partial charge in [0, 0.05) is 12.6 Å². The zero-order chi connectivity index (χ0) is 10.7. The predicted molar refractivity (Wildman–Crippen MR) is 65.0 cm³/mol. The van der Waals surface area contributed by atoms with Gasteiger partial charge in [-0.15, -0.1) is 0 Å². The number of nitrogens with one attached hydrogen (secondary N) is 1. The normalized spacial score (nSPS) is 38.4. The van der Waals surface area contributed by atoms with Gasteiger partial charge in [0.2, 0.25) is 0 Å². The zero-order valence-corrected chi connectivity index (χ0v) is 10.3. The van der Waals surface area contributed by atoms with Gasteiger partial charge in [-0.05, 0) is 51.2 Å². The molecule has 1 saturated carbocycles. The van der Waals surface area contributed by atoms with Crippen LogP contribution in [0.5, 0.6) is 0 Å². The molecule has 0 amide bonds. The van der Waals surface area contributed by atoms with Gasteiger partial charge >= 0.3 is 0 Å². The van der Waals surface area contributed by atoms with Gasteiger partial charge in [-0.3, -0.25) is 4.90 Å². The summed E-state index contributed by atoms with van der Waals surface area (Å²) in [5.41, 5.74) is 0. The fourth-order valence-corrected chi connectivity index (χ4v) is 3.44. The molecule has 2 aliphatic rings. The molecule has 2 nitrogen and oxygen atoms in total. The Bertz CT molecular complexity index is 186. The topological polar surface area (TPSA) is 15.3 Å². The van der Waals surface area contributed by atoms with Gasteiger partial charge < -0.3 is 5.32 Å². The maximum atomic E-state index is 3.38. The summed E-state index contributed by atoms with van der Waals surface area (Å²) in [5.74, 6) is 1.84. The van der Waals surface area contributed by atoms with E-state index < -0.39 is 0 Å². The molecule has 1 aliphatic heterocycles. The molecule has 2 heteroatoms. The van der Waals surface area contributed by atoms with E-state index in [1.54, 1.807) is 0 Å². The average Bonchev–Trinajstić information content (AvgIpc) is 2.66. The summed E-state index contributed by atoms with van der Waals surface area (Å²) in [7, 11) is 2.10. The van der Waals surface area contributed by atoms with Crippen molar-refractivity contribution in [1.82, 2.24) is 10.2 Å². The highest BCUT2D eigenvalue weighted by Gasteiger charge is 2.32. The van der Waals surface area contributed by atoms with Crippen molar-refractivity contribution in [2.24, 2.45) is 11.8 Å². The van der Waals surface area contributed by atoms with E-state index in [-0.39, 0.29) is 0 Å². The zero-order valence-electron chi connectivity index (χ0n) is 10.3. The quantitative estimate of drug-likeness (QED) is 0.767. The molecule has 15 heavy (non-hydrogen) atoms. The lowest BCUT2D eigenvalue weighted by molar-refractivity contribution is 0.125. The first kappa shape index (κ1) is 11.4. The Morgan fingerprint density at radius 1 is 1.20 bits per heavy atom. The Labute approximate surface area is 94.4 Å². The lowest BCUT2D eigenvalue weighted by Gasteiger charge is -2.38. The van der Waals surface area contributed by atoms with E-state index in [0.29, 0.717) is 0 Å². The van der Waals surface area contributed by atoms with Crippen molar-refractivity contribution in [2.75, 3.05) is 26.7 Å². The van der Waals surface area contributed by atoms with Crippen LogP contribution in [0.2, 0.25) is 0 Å². The minimum atomic E-state index is 0.885. The molecule has 1 aliphatic carbocycles. The first-order valence-corrected chi connectivity index (χ1v) is 6.70. The van der Waals surface area contributed by atoms with E-state index in [4.69, 9.17) is 0 Å². The Hall–Kier alpha value is -0.0800. The highest BCUT2D eigenvalue weighted by molar-refractivity contribution is 4.87. The summed E-state index contributed by atoms with van der Waals surface area (Å²) in [4.78, 5) is 2.77. The molecule has 3 atom stereocenters. The SMILES string of the molecule is CNCC1CCCCC1N1CCC(C)C1. The largest absolute Gasteiger partial charge is 0.319 e. The third-order valence-corrected chi connectivity index (χ3v) is 4.26. The number of rotatable bonds is 3. The second-order valence-electron chi connectivity index (χ2n) is 5.56. The Morgan fingerprint density at radius 3 is 2.67 bits per heavy atom. The second-order valence-corrected chi connectivity index (χ2v) is 5.56. The van der Waals surface area contributed by atoms with Crippen molar-refractivity contribution in [2.45, 2.75) is 45.1 Å². The summed E-state index contributed by atoms with van der Waals surface area (Å²) < 4.78 is 0. The molecule has 2 rings (SSSR count). The molecular formula is C13H26N2. The molecule has 0 radical (unpaired) electrons. The maximum Gasteiger partial charge on any atom is 0.0136 e. The van der Waals surface area contributed by atoms with Crippen LogP contribution < -0.4 is 5.32 Å². The molecule has 3 unspecified atom stereocenters. The van der Waals surface area contributed by atoms with Gasteiger partial charge in [0.05, 0.1) is 0 Å². The molecule has 1 heterocycles. The van der Waals surface area contributed by atoms with E-state index in [1.807, 2.05) is 0 Å². The Morgan fingerprint density at radius 2 is 2.00 bits per heavy atom. The molecule has 0 spiro atoms. The predicted octanol–water partition coefficient (Wildman–Crippen LogP) is 2.11. The van der Waals surface area contributed by atoms with Crippen LogP contribution in [-0.2, 0) is 0 Å². The summed E-state index contributed by atoms with van der Waals surface area (Å²) in [6, 6.07) is 0.885. The van der Waals surface area contributed by atoms with Crippen LogP contribution >= 0.6 is 0 Å². The molecule has 0 bridgehead atoms. The van der Waals surface area contributed by atoms with Crippen molar-refractivity contribution >= 4 is 0 Å². The number of hydrogen-bond acceptors (Lipinski definition) is 2. The standard InChI is InChI=1S/C13H26N2/c1-11-7-8-15(10-11)13-6-4-3-5-12(13)9-14-2/h11-14H,3-10H2,1-2H3. The van der Waals surface area contributed by atoms with Crippen LogP contribution in [-0.4, -0.2) is 37.6 Å². The van der Waals surface area contributed by atoms with Crippen molar-refractivity contribution in [3.05, 3.63) is 0 Å². The summed E-state index contributed by atoms with van der Waals surface area (Å²) >= 11 is 0. The lowest BCUT2D eigenvalue weighted by Crippen LogP contribution is -2.44. The maximum absolute atomic E-state index is 3.38. The van der Waals surface area contributed by atoms with Gasteiger partial charge in [-0.2, -0.15) is 0 Å². The van der Waals surface area contributed by atoms with E-state index >= 15 is 0 Å². The molecule has 0 aromatic rings. The highest BCUT2D eigenvalue weighted by Crippen LogP contribution is 2.31. The van der Waals surface area contributed by atoms with Crippen LogP contribution in [0.1, 0.15) is 39.0 Å². The van der Waals surface area contributed by atoms with Crippen LogP contribution in [0, 0.1) is 11.8 Å². The van der Waals surface area contributed by atoms with E-state index in [1.165, 1.54) is 51.7 Å². The van der Waals surface area contributed by atoms with Crippen LogP contribution in [0.3, 0.4) is 0 Å². The van der Waals surface area contributed by atoms with E-state index in [0.717, 1.165) is 17.9 Å². The van der Waals surface area contributed by atoms with Gasteiger partial charge in [-0.1, -0.05) is 19.8 Å². The fraction of sp³-hybridized carbons (Fsp3) is 1.00. The van der Waals surface area contributed by atoms with Crippen LogP contribution in [0.25, 0.3) is 0 Å². The average molecular weight is 210 g/mol. The third kappa shape index (κ3) is 2.73. The summed E-state index contributed by atoms with van der Waals surface area (Å²) in [6.45, 7) is 6.32. The Balaban J connectivity index is 1.92. The van der Waals surface area contributed by atoms with Gasteiger partial charge in [-0.25, -0.2) is 0 Å². The Kier molecular flexibility index (Phi) is 4.04. The monoisotopic (exact) mass is 210 g/mol. The molecule has 0 aromatic carbocycles. The smallest absolute Gasteiger partial charge is 0.0136 e. The van der Waals surface area contributed by atoms with Gasteiger partial charge in [0.25, 0.3) is 0 Å². The molecule has 0 aromatic heterocycles. The lowest BCUT2D eigenvalue weighted by atomic mass is 9.83. The summed E-state index contributed by atoms with van der Waals surface area (Å²) in [6.07, 6.45) is 7.21. The highest BCUT2D eigenvalue weighted by atomic mass is 15.2. The minimum absolute atomic E-state index is 0.885. The molecule has 1 saturated heterocycles. The number of hydrogen-bond donors (Lipinski definition) is 1. The van der Waals surface area contributed by atoms with Crippen molar-refractivity contribution in [3.63, 3.8) is 0 Å². The summed E-state index contributed by atoms with van der Waals surface area (Å²) in [5, 5.41) is 3.38. The van der Waals surface area contributed by atoms with Crippen LogP contribution in [0.4, 0.5) is 0 Å². The molecule has 88 valence electrons. The first-order chi connectivity index (χ1) is 7.31. The van der Waals surface area contributed by atoms with Gasteiger partial charge in [0.1, 0.15) is 0 Å². The van der Waals surface area contributed by atoms with E-state index in [9.17, 15) is 0 Å². The first-order valence-electron chi connectivity index (χ1n) is 6.70.